The van der Waals surface area contributed by atoms with Crippen molar-refractivity contribution in [2.75, 3.05) is 26.4 Å². The van der Waals surface area contributed by atoms with Crippen molar-refractivity contribution in [1.29, 1.82) is 0 Å². The number of carbonyl (C=O) groups excluding carboxylic acids is 2. The summed E-state index contributed by atoms with van der Waals surface area (Å²) in [6.07, 6.45) is 72.0. The van der Waals surface area contributed by atoms with Crippen molar-refractivity contribution in [3.63, 3.8) is 0 Å². The number of unbranched alkanes of at least 4 members (excludes halogenated alkanes) is 26. The van der Waals surface area contributed by atoms with Gasteiger partial charge in [-0.1, -0.05) is 234 Å². The first-order valence-corrected chi connectivity index (χ1v) is 30.1. The van der Waals surface area contributed by atoms with Crippen molar-refractivity contribution in [2.24, 2.45) is 5.73 Å². The number of esters is 2. The Hall–Kier alpha value is -2.81. The van der Waals surface area contributed by atoms with Gasteiger partial charge in [0.05, 0.1) is 13.2 Å². The Morgan fingerprint density at radius 3 is 1.19 bits per heavy atom. The number of ether oxygens (including phenoxy) is 2. The zero-order valence-corrected chi connectivity index (χ0v) is 45.9. The number of phosphoric acid groups is 1. The lowest BCUT2D eigenvalue weighted by atomic mass is 10.0. The van der Waals surface area contributed by atoms with E-state index in [9.17, 15) is 19.0 Å². The molecule has 0 aromatic heterocycles. The van der Waals surface area contributed by atoms with Gasteiger partial charge < -0.3 is 20.1 Å². The molecule has 0 fully saturated rings. The molecular formula is C60H106NO8P. The highest BCUT2D eigenvalue weighted by Crippen LogP contribution is 2.43. The van der Waals surface area contributed by atoms with Gasteiger partial charge in [0, 0.05) is 19.4 Å². The molecule has 2 atom stereocenters. The Labute approximate surface area is 430 Å². The van der Waals surface area contributed by atoms with Gasteiger partial charge in [-0.05, 0) is 89.9 Å². The van der Waals surface area contributed by atoms with E-state index < -0.39 is 26.5 Å². The Morgan fingerprint density at radius 1 is 0.443 bits per heavy atom. The highest BCUT2D eigenvalue weighted by Gasteiger charge is 2.26. The van der Waals surface area contributed by atoms with Crippen LogP contribution in [0.15, 0.2) is 85.1 Å². The van der Waals surface area contributed by atoms with E-state index in [2.05, 4.69) is 98.9 Å². The van der Waals surface area contributed by atoms with Crippen LogP contribution in [0.4, 0.5) is 0 Å². The van der Waals surface area contributed by atoms with E-state index >= 15 is 0 Å². The van der Waals surface area contributed by atoms with Gasteiger partial charge in [-0.2, -0.15) is 0 Å². The Morgan fingerprint density at radius 2 is 0.786 bits per heavy atom. The molecule has 0 aliphatic heterocycles. The minimum absolute atomic E-state index is 0.0499. The van der Waals surface area contributed by atoms with Gasteiger partial charge in [0.1, 0.15) is 6.61 Å². The van der Waals surface area contributed by atoms with E-state index in [-0.39, 0.29) is 38.6 Å². The Balaban J connectivity index is 3.98. The van der Waals surface area contributed by atoms with Crippen molar-refractivity contribution < 1.29 is 37.6 Å². The molecule has 70 heavy (non-hydrogen) atoms. The van der Waals surface area contributed by atoms with Crippen molar-refractivity contribution >= 4 is 19.8 Å². The molecule has 9 nitrogen and oxygen atoms in total. The van der Waals surface area contributed by atoms with E-state index in [0.29, 0.717) is 6.42 Å². The summed E-state index contributed by atoms with van der Waals surface area (Å²) in [7, 11) is -4.39. The second kappa shape index (κ2) is 55.5. The lowest BCUT2D eigenvalue weighted by molar-refractivity contribution is -0.161. The minimum Gasteiger partial charge on any atom is -0.462 e. The molecule has 0 heterocycles. The Bertz CT molecular complexity index is 1420. The quantitative estimate of drug-likeness (QED) is 0.0264. The number of allylic oxidation sites excluding steroid dienone is 14. The SMILES string of the molecule is CC/C=C\C/C=C\C/C=C\C/C=C\C/C=C\C/C=C\CCCCCCCCCCCCCCC(=O)OC(COC(=O)CCCCCCCCC/C=C\CCCCCCCCC)COP(=O)(O)OCCN. The number of hydrogen-bond donors (Lipinski definition) is 2. The topological polar surface area (TPSA) is 134 Å². The lowest BCUT2D eigenvalue weighted by Gasteiger charge is -2.19. The van der Waals surface area contributed by atoms with E-state index in [0.717, 1.165) is 89.9 Å². The molecule has 0 aromatic carbocycles. The van der Waals surface area contributed by atoms with E-state index in [4.69, 9.17) is 24.3 Å². The number of nitrogens with two attached hydrogens (primary N) is 1. The normalized spacial score (nSPS) is 13.7. The summed E-state index contributed by atoms with van der Waals surface area (Å²) in [5.41, 5.74) is 5.38. The number of rotatable bonds is 53. The van der Waals surface area contributed by atoms with Crippen LogP contribution in [0.1, 0.15) is 251 Å². The number of carbonyl (C=O) groups is 2. The monoisotopic (exact) mass is 1000 g/mol. The third kappa shape index (κ3) is 54.5. The van der Waals surface area contributed by atoms with Crippen LogP contribution in [-0.4, -0.2) is 49.3 Å². The van der Waals surface area contributed by atoms with E-state index in [1.165, 1.54) is 128 Å². The predicted molar refractivity (Wildman–Crippen MR) is 298 cm³/mol. The van der Waals surface area contributed by atoms with Crippen LogP contribution in [0.3, 0.4) is 0 Å². The molecule has 404 valence electrons. The second-order valence-electron chi connectivity index (χ2n) is 18.8. The molecule has 10 heteroatoms. The third-order valence-electron chi connectivity index (χ3n) is 12.0. The molecule has 2 unspecified atom stereocenters. The largest absolute Gasteiger partial charge is 0.472 e. The molecule has 0 saturated heterocycles. The molecular weight excluding hydrogens is 894 g/mol. The predicted octanol–water partition coefficient (Wildman–Crippen LogP) is 17.9. The maximum absolute atomic E-state index is 12.7. The zero-order valence-electron chi connectivity index (χ0n) is 45.0. The fraction of sp³-hybridized carbons (Fsp3) is 0.733. The van der Waals surface area contributed by atoms with Gasteiger partial charge in [-0.25, -0.2) is 4.57 Å². The summed E-state index contributed by atoms with van der Waals surface area (Å²) in [6.45, 7) is 3.63. The first-order chi connectivity index (χ1) is 34.3. The first kappa shape index (κ1) is 67.2. The maximum atomic E-state index is 12.7. The summed E-state index contributed by atoms with van der Waals surface area (Å²) in [6, 6.07) is 0. The van der Waals surface area contributed by atoms with Gasteiger partial charge in [0.15, 0.2) is 6.10 Å². The summed E-state index contributed by atoms with van der Waals surface area (Å²) >= 11 is 0. The summed E-state index contributed by atoms with van der Waals surface area (Å²) in [4.78, 5) is 35.2. The molecule has 0 amide bonds. The van der Waals surface area contributed by atoms with Gasteiger partial charge in [0.25, 0.3) is 0 Å². The van der Waals surface area contributed by atoms with Crippen LogP contribution in [0, 0.1) is 0 Å². The van der Waals surface area contributed by atoms with Crippen molar-refractivity contribution in [3.05, 3.63) is 85.1 Å². The van der Waals surface area contributed by atoms with Gasteiger partial charge in [-0.15, -0.1) is 0 Å². The van der Waals surface area contributed by atoms with Crippen LogP contribution < -0.4 is 5.73 Å². The molecule has 0 spiro atoms. The van der Waals surface area contributed by atoms with Gasteiger partial charge in [-0.3, -0.25) is 18.6 Å². The van der Waals surface area contributed by atoms with Gasteiger partial charge in [0.2, 0.25) is 0 Å². The summed E-state index contributed by atoms with van der Waals surface area (Å²) < 4.78 is 33.0. The molecule has 0 saturated carbocycles. The zero-order chi connectivity index (χ0) is 51.0. The fourth-order valence-electron chi connectivity index (χ4n) is 7.81. The molecule has 0 rings (SSSR count). The van der Waals surface area contributed by atoms with Gasteiger partial charge >= 0.3 is 19.8 Å². The molecule has 0 aliphatic carbocycles. The van der Waals surface area contributed by atoms with Crippen LogP contribution >= 0.6 is 7.82 Å². The fourth-order valence-corrected chi connectivity index (χ4v) is 8.58. The number of hydrogen-bond acceptors (Lipinski definition) is 8. The van der Waals surface area contributed by atoms with Crippen LogP contribution in [0.25, 0.3) is 0 Å². The summed E-state index contributed by atoms with van der Waals surface area (Å²) in [5, 5.41) is 0. The highest BCUT2D eigenvalue weighted by molar-refractivity contribution is 7.47. The third-order valence-corrected chi connectivity index (χ3v) is 13.0. The molecule has 3 N–H and O–H groups in total. The molecule has 0 aromatic rings. The first-order valence-electron chi connectivity index (χ1n) is 28.6. The number of phosphoric ester groups is 1. The molecule has 0 radical (unpaired) electrons. The maximum Gasteiger partial charge on any atom is 0.472 e. The van der Waals surface area contributed by atoms with E-state index in [1.807, 2.05) is 0 Å². The molecule has 0 bridgehead atoms. The Kier molecular flexibility index (Phi) is 53.3. The smallest absolute Gasteiger partial charge is 0.462 e. The van der Waals surface area contributed by atoms with Crippen molar-refractivity contribution in [1.82, 2.24) is 0 Å². The second-order valence-corrected chi connectivity index (χ2v) is 20.2. The summed E-state index contributed by atoms with van der Waals surface area (Å²) in [5.74, 6) is -0.833. The van der Waals surface area contributed by atoms with Crippen molar-refractivity contribution in [2.45, 2.75) is 258 Å². The highest BCUT2D eigenvalue weighted by atomic mass is 31.2. The minimum atomic E-state index is -4.39. The molecule has 0 aliphatic rings. The van der Waals surface area contributed by atoms with Crippen LogP contribution in [0.2, 0.25) is 0 Å². The average Bonchev–Trinajstić information content (AvgIpc) is 3.35. The average molecular weight is 1000 g/mol. The lowest BCUT2D eigenvalue weighted by Crippen LogP contribution is -2.29. The standard InChI is InChI=1S/C60H106NO8P/c1-3-5-7-9-11-13-15-17-19-21-23-24-25-26-27-28-29-30-31-32-33-34-35-37-39-41-43-45-47-49-51-53-60(63)69-58(57-68-70(64,65)67-55-54-61)56-66-59(62)52-50-48-46-44-42-40-38-36-22-20-18-16-14-12-10-8-6-4-2/h5,7,11,13,17,19-20,22-24,26-27,29-30,58H,3-4,6,8-10,12,14-16,18,21,25,28,31-57,61H2,1-2H3,(H,64,65)/b7-5-,13-11-,19-17-,22-20-,24-23-,27-26-,30-29-. The van der Waals surface area contributed by atoms with Crippen LogP contribution in [0.5, 0.6) is 0 Å². The van der Waals surface area contributed by atoms with Crippen molar-refractivity contribution in [3.8, 4) is 0 Å². The van der Waals surface area contributed by atoms with E-state index in [1.54, 1.807) is 0 Å². The van der Waals surface area contributed by atoms with Crippen LogP contribution in [-0.2, 0) is 32.7 Å².